The monoisotopic (exact) mass is 398 g/mol. The third-order valence-corrected chi connectivity index (χ3v) is 6.04. The van der Waals surface area contributed by atoms with Crippen molar-refractivity contribution in [1.82, 2.24) is 4.90 Å². The average molecular weight is 398 g/mol. The van der Waals surface area contributed by atoms with E-state index in [1.54, 1.807) is 43.3 Å². The zero-order chi connectivity index (χ0) is 20.0. The lowest BCUT2D eigenvalue weighted by atomic mass is 9.82. The summed E-state index contributed by atoms with van der Waals surface area (Å²) in [4.78, 5) is 38.1. The lowest BCUT2D eigenvalue weighted by Crippen LogP contribution is -2.61. The summed E-state index contributed by atoms with van der Waals surface area (Å²) in [5, 5.41) is 24.1. The van der Waals surface area contributed by atoms with Crippen molar-refractivity contribution in [3.05, 3.63) is 57.9 Å². The molecule has 2 aliphatic heterocycles. The van der Waals surface area contributed by atoms with E-state index in [2.05, 4.69) is 5.32 Å². The van der Waals surface area contributed by atoms with Crippen LogP contribution in [-0.2, 0) is 9.59 Å². The van der Waals surface area contributed by atoms with E-state index in [4.69, 9.17) is 0 Å². The van der Waals surface area contributed by atoms with Gasteiger partial charge in [-0.1, -0.05) is 18.2 Å². The lowest BCUT2D eigenvalue weighted by molar-refractivity contribution is -0.161. The van der Waals surface area contributed by atoms with Gasteiger partial charge in [-0.2, -0.15) is 0 Å². The van der Waals surface area contributed by atoms with Gasteiger partial charge in [0.25, 0.3) is 5.91 Å². The molecular weight excluding hydrogens is 380 g/mol. The van der Waals surface area contributed by atoms with E-state index in [0.29, 0.717) is 28.1 Å². The molecule has 0 radical (unpaired) electrons. The number of aliphatic carboxylic acids is 1. The smallest absolute Gasteiger partial charge is 0.352 e. The van der Waals surface area contributed by atoms with Gasteiger partial charge in [0.1, 0.15) is 5.70 Å². The first kappa shape index (κ1) is 18.4. The Balaban J connectivity index is 1.58. The highest BCUT2D eigenvalue weighted by Crippen LogP contribution is 2.46. The molecule has 2 amide bonds. The molecule has 2 aliphatic rings. The summed E-state index contributed by atoms with van der Waals surface area (Å²) in [6.07, 6.45) is -0.442. The Labute approximate surface area is 164 Å². The van der Waals surface area contributed by atoms with Crippen LogP contribution in [0.4, 0.5) is 5.69 Å². The van der Waals surface area contributed by atoms with E-state index in [9.17, 15) is 24.6 Å². The number of carbonyl (C=O) groups is 3. The number of β-lactam (4-membered cyclic amide) rings is 1. The van der Waals surface area contributed by atoms with Crippen LogP contribution in [0.5, 0.6) is 0 Å². The number of carboxylic acid groups (broad SMARTS) is 1. The SMILES string of the molecule is C[C@@H](O)[C@@H]1C(=O)N2C(C(=O)O)=C(c3ccc(NC(=O)c4cccs4)cc3)C[C@H]12. The van der Waals surface area contributed by atoms with Crippen molar-refractivity contribution in [2.45, 2.75) is 25.5 Å². The number of benzene rings is 1. The maximum absolute atomic E-state index is 12.3. The second-order valence-corrected chi connectivity index (χ2v) is 7.83. The van der Waals surface area contributed by atoms with Gasteiger partial charge in [0.15, 0.2) is 0 Å². The highest BCUT2D eigenvalue weighted by Gasteiger charge is 2.56. The molecule has 1 aromatic heterocycles. The summed E-state index contributed by atoms with van der Waals surface area (Å²) in [7, 11) is 0. The number of aliphatic hydroxyl groups is 1. The molecule has 1 saturated heterocycles. The normalized spacial score (nSPS) is 21.9. The van der Waals surface area contributed by atoms with Crippen LogP contribution in [0.1, 0.15) is 28.6 Å². The standard InChI is InChI=1S/C20H18N2O5S/c1-10(23)16-14-9-13(17(20(26)27)22(14)19(16)25)11-4-6-12(7-5-11)21-18(24)15-3-2-8-28-15/h2-8,10,14,16,23H,9H2,1H3,(H,21,24)(H,26,27)/t10-,14-,16+/m1/s1. The molecule has 3 atom stereocenters. The molecule has 0 aliphatic carbocycles. The minimum absolute atomic E-state index is 0.0257. The highest BCUT2D eigenvalue weighted by atomic mass is 32.1. The van der Waals surface area contributed by atoms with E-state index in [-0.39, 0.29) is 23.6 Å². The highest BCUT2D eigenvalue weighted by molar-refractivity contribution is 7.12. The van der Waals surface area contributed by atoms with E-state index in [0.717, 1.165) is 0 Å². The molecule has 1 aromatic carbocycles. The molecule has 0 unspecified atom stereocenters. The number of anilines is 1. The number of amides is 2. The summed E-state index contributed by atoms with van der Waals surface area (Å²) in [6, 6.07) is 10.1. The Morgan fingerprint density at radius 1 is 1.25 bits per heavy atom. The number of thiophene rings is 1. The van der Waals surface area contributed by atoms with Crippen LogP contribution in [-0.4, -0.2) is 45.0 Å². The molecule has 8 heteroatoms. The fourth-order valence-electron chi connectivity index (χ4n) is 3.88. The Bertz CT molecular complexity index is 979. The van der Waals surface area contributed by atoms with Crippen LogP contribution in [0.15, 0.2) is 47.5 Å². The number of nitrogens with one attached hydrogen (secondary N) is 1. The molecule has 144 valence electrons. The minimum Gasteiger partial charge on any atom is -0.477 e. The number of hydrogen-bond acceptors (Lipinski definition) is 5. The minimum atomic E-state index is -1.16. The Hall–Kier alpha value is -2.97. The van der Waals surface area contributed by atoms with Gasteiger partial charge in [0.05, 0.1) is 22.9 Å². The van der Waals surface area contributed by atoms with Crippen LogP contribution < -0.4 is 5.32 Å². The van der Waals surface area contributed by atoms with Crippen molar-refractivity contribution in [2.75, 3.05) is 5.32 Å². The predicted octanol–water partition coefficient (Wildman–Crippen LogP) is 2.41. The zero-order valence-corrected chi connectivity index (χ0v) is 15.8. The molecule has 7 nitrogen and oxygen atoms in total. The van der Waals surface area contributed by atoms with Crippen LogP contribution >= 0.6 is 11.3 Å². The average Bonchev–Trinajstić information content (AvgIpc) is 3.28. The molecule has 1 fully saturated rings. The van der Waals surface area contributed by atoms with Gasteiger partial charge in [-0.3, -0.25) is 9.59 Å². The van der Waals surface area contributed by atoms with Crippen molar-refractivity contribution < 1.29 is 24.6 Å². The number of carbonyl (C=O) groups excluding carboxylic acids is 2. The third kappa shape index (κ3) is 2.90. The third-order valence-electron chi connectivity index (χ3n) is 5.17. The first-order chi connectivity index (χ1) is 13.4. The van der Waals surface area contributed by atoms with E-state index >= 15 is 0 Å². The maximum Gasteiger partial charge on any atom is 0.352 e. The Morgan fingerprint density at radius 2 is 1.96 bits per heavy atom. The largest absolute Gasteiger partial charge is 0.477 e. The Morgan fingerprint density at radius 3 is 2.54 bits per heavy atom. The summed E-state index contributed by atoms with van der Waals surface area (Å²) in [6.45, 7) is 1.55. The van der Waals surface area contributed by atoms with Gasteiger partial charge in [-0.05, 0) is 48.1 Å². The number of carboxylic acids is 1. The van der Waals surface area contributed by atoms with Gasteiger partial charge >= 0.3 is 5.97 Å². The molecule has 3 heterocycles. The van der Waals surface area contributed by atoms with Gasteiger partial charge in [-0.15, -0.1) is 11.3 Å². The van der Waals surface area contributed by atoms with Gasteiger partial charge < -0.3 is 20.4 Å². The van der Waals surface area contributed by atoms with Gasteiger partial charge in [0, 0.05) is 5.69 Å². The van der Waals surface area contributed by atoms with Crippen LogP contribution in [0.2, 0.25) is 0 Å². The second kappa shape index (κ2) is 6.88. The molecule has 2 aromatic rings. The summed E-state index contributed by atoms with van der Waals surface area (Å²) < 4.78 is 0. The number of hydrogen-bond donors (Lipinski definition) is 3. The summed E-state index contributed by atoms with van der Waals surface area (Å²) in [5.74, 6) is -2.29. The first-order valence-electron chi connectivity index (χ1n) is 8.81. The summed E-state index contributed by atoms with van der Waals surface area (Å²) in [5.41, 5.74) is 1.81. The molecule has 0 saturated carbocycles. The van der Waals surface area contributed by atoms with Crippen molar-refractivity contribution in [3.63, 3.8) is 0 Å². The lowest BCUT2D eigenvalue weighted by Gasteiger charge is -2.44. The number of fused-ring (bicyclic) bond motifs is 1. The van der Waals surface area contributed by atoms with E-state index in [1.165, 1.54) is 16.2 Å². The predicted molar refractivity (Wildman–Crippen MR) is 104 cm³/mol. The molecule has 0 spiro atoms. The number of aliphatic hydroxyl groups excluding tert-OH is 1. The topological polar surface area (TPSA) is 107 Å². The fraction of sp³-hybridized carbons (Fsp3) is 0.250. The van der Waals surface area contributed by atoms with Crippen molar-refractivity contribution in [1.29, 1.82) is 0 Å². The van der Waals surface area contributed by atoms with Gasteiger partial charge in [-0.25, -0.2) is 4.79 Å². The van der Waals surface area contributed by atoms with Crippen LogP contribution in [0.25, 0.3) is 5.57 Å². The summed E-state index contributed by atoms with van der Waals surface area (Å²) >= 11 is 1.34. The molecule has 4 rings (SSSR count). The number of nitrogens with zero attached hydrogens (tertiary/aromatic N) is 1. The quantitative estimate of drug-likeness (QED) is 0.671. The van der Waals surface area contributed by atoms with E-state index < -0.39 is 18.0 Å². The Kier molecular flexibility index (Phi) is 4.52. The molecule has 3 N–H and O–H groups in total. The van der Waals surface area contributed by atoms with Crippen molar-refractivity contribution >= 4 is 40.4 Å². The molecule has 0 bridgehead atoms. The van der Waals surface area contributed by atoms with Gasteiger partial charge in [0.2, 0.25) is 5.91 Å². The van der Waals surface area contributed by atoms with Crippen LogP contribution in [0, 0.1) is 5.92 Å². The number of rotatable bonds is 5. The molecule has 28 heavy (non-hydrogen) atoms. The van der Waals surface area contributed by atoms with Crippen molar-refractivity contribution in [2.24, 2.45) is 5.92 Å². The second-order valence-electron chi connectivity index (χ2n) is 6.89. The first-order valence-corrected chi connectivity index (χ1v) is 9.69. The zero-order valence-electron chi connectivity index (χ0n) is 15.0. The fourth-order valence-corrected chi connectivity index (χ4v) is 4.50. The van der Waals surface area contributed by atoms with Crippen LogP contribution in [0.3, 0.4) is 0 Å². The molecular formula is C20H18N2O5S. The van der Waals surface area contributed by atoms with E-state index in [1.807, 2.05) is 5.38 Å². The maximum atomic E-state index is 12.3. The van der Waals surface area contributed by atoms with Crippen molar-refractivity contribution in [3.8, 4) is 0 Å².